The first-order valence-corrected chi connectivity index (χ1v) is 8.23. The van der Waals surface area contributed by atoms with Gasteiger partial charge in [0.05, 0.1) is 11.9 Å². The van der Waals surface area contributed by atoms with E-state index in [-0.39, 0.29) is 11.4 Å². The van der Waals surface area contributed by atoms with E-state index < -0.39 is 6.61 Å². The Balaban J connectivity index is 1.63. The summed E-state index contributed by atoms with van der Waals surface area (Å²) in [5, 5.41) is 19.0. The number of hydrogen-bond donors (Lipinski definition) is 3. The number of aliphatic hydroxyl groups is 1. The molecule has 0 unspecified atom stereocenters. The summed E-state index contributed by atoms with van der Waals surface area (Å²) in [7, 11) is 1.85. The molecular weight excluding hydrogens is 322 g/mol. The van der Waals surface area contributed by atoms with Gasteiger partial charge in [0.25, 0.3) is 0 Å². The summed E-state index contributed by atoms with van der Waals surface area (Å²) in [6.07, 6.45) is 6.86. The summed E-state index contributed by atoms with van der Waals surface area (Å²) in [4.78, 5) is 22.4. The van der Waals surface area contributed by atoms with Gasteiger partial charge >= 0.3 is 0 Å². The Morgan fingerprint density at radius 1 is 1.40 bits per heavy atom. The third-order valence-electron chi connectivity index (χ3n) is 4.38. The van der Waals surface area contributed by atoms with Gasteiger partial charge in [-0.25, -0.2) is 4.98 Å². The third kappa shape index (κ3) is 4.24. The van der Waals surface area contributed by atoms with E-state index in [9.17, 15) is 4.79 Å². The van der Waals surface area contributed by atoms with Gasteiger partial charge in [0.1, 0.15) is 12.4 Å². The summed E-state index contributed by atoms with van der Waals surface area (Å²) in [6, 6.07) is 1.88. The van der Waals surface area contributed by atoms with Gasteiger partial charge in [-0.2, -0.15) is 10.1 Å². The van der Waals surface area contributed by atoms with Crippen molar-refractivity contribution >= 4 is 23.4 Å². The van der Waals surface area contributed by atoms with Gasteiger partial charge in [-0.05, 0) is 25.8 Å². The molecule has 0 aliphatic carbocycles. The van der Waals surface area contributed by atoms with Crippen LogP contribution in [0.1, 0.15) is 19.8 Å². The van der Waals surface area contributed by atoms with Gasteiger partial charge in [-0.15, -0.1) is 0 Å². The zero-order valence-corrected chi connectivity index (χ0v) is 14.4. The Kier molecular flexibility index (Phi) is 4.84. The molecule has 1 amide bonds. The minimum Gasteiger partial charge on any atom is -0.387 e. The van der Waals surface area contributed by atoms with Crippen LogP contribution >= 0.6 is 0 Å². The van der Waals surface area contributed by atoms with Crippen LogP contribution in [-0.2, 0) is 11.8 Å². The van der Waals surface area contributed by atoms with Gasteiger partial charge < -0.3 is 20.6 Å². The van der Waals surface area contributed by atoms with Crippen LogP contribution in [0, 0.1) is 0 Å². The van der Waals surface area contributed by atoms with Crippen LogP contribution in [0.5, 0.6) is 0 Å². The maximum Gasteiger partial charge on any atom is 0.246 e. The fraction of sp³-hybridized carbons (Fsp3) is 0.500. The van der Waals surface area contributed by atoms with Gasteiger partial charge in [0.2, 0.25) is 11.9 Å². The lowest BCUT2D eigenvalue weighted by Crippen LogP contribution is -2.54. The number of nitrogens with zero attached hydrogens (tertiary/aromatic N) is 5. The average molecular weight is 345 g/mol. The number of anilines is 3. The number of nitrogens with one attached hydrogen (secondary N) is 2. The fourth-order valence-electron chi connectivity index (χ4n) is 2.93. The molecule has 9 nitrogen and oxygen atoms in total. The van der Waals surface area contributed by atoms with Gasteiger partial charge in [-0.3, -0.25) is 9.48 Å². The number of piperidine rings is 1. The predicted octanol–water partition coefficient (Wildman–Crippen LogP) is 0.421. The first kappa shape index (κ1) is 17.2. The monoisotopic (exact) mass is 345 g/mol. The normalized spacial score (nSPS) is 16.5. The minimum atomic E-state index is -0.478. The van der Waals surface area contributed by atoms with Crippen molar-refractivity contribution in [2.45, 2.75) is 25.3 Å². The molecule has 0 aromatic carbocycles. The number of carbonyl (C=O) groups excluding carboxylic acids is 1. The summed E-state index contributed by atoms with van der Waals surface area (Å²) in [5.74, 6) is 1.03. The highest BCUT2D eigenvalue weighted by molar-refractivity contribution is 5.77. The number of aromatic nitrogens is 4. The van der Waals surface area contributed by atoms with Crippen molar-refractivity contribution in [1.82, 2.24) is 25.1 Å². The zero-order chi connectivity index (χ0) is 17.9. The van der Waals surface area contributed by atoms with Crippen molar-refractivity contribution in [3.63, 3.8) is 0 Å². The molecular formula is C16H23N7O2. The van der Waals surface area contributed by atoms with Crippen molar-refractivity contribution in [3.8, 4) is 0 Å². The van der Waals surface area contributed by atoms with Crippen LogP contribution in [0.2, 0.25) is 0 Å². The number of amides is 1. The molecule has 2 aromatic heterocycles. The first-order valence-electron chi connectivity index (χ1n) is 8.23. The van der Waals surface area contributed by atoms with E-state index in [0.717, 1.165) is 37.4 Å². The number of carbonyl (C=O) groups is 1. The Hall–Kier alpha value is -2.68. The molecule has 1 fully saturated rings. The van der Waals surface area contributed by atoms with Crippen LogP contribution in [0.25, 0.3) is 0 Å². The second-order valence-electron chi connectivity index (χ2n) is 6.52. The maximum absolute atomic E-state index is 11.4. The molecule has 25 heavy (non-hydrogen) atoms. The van der Waals surface area contributed by atoms with E-state index in [2.05, 4.69) is 30.6 Å². The number of rotatable bonds is 5. The predicted molar refractivity (Wildman–Crippen MR) is 93.6 cm³/mol. The Morgan fingerprint density at radius 2 is 2.16 bits per heavy atom. The van der Waals surface area contributed by atoms with Crippen LogP contribution in [0.4, 0.5) is 17.5 Å². The van der Waals surface area contributed by atoms with Crippen LogP contribution in [0.3, 0.4) is 0 Å². The van der Waals surface area contributed by atoms with E-state index in [1.54, 1.807) is 17.1 Å². The molecule has 1 aliphatic heterocycles. The first-order chi connectivity index (χ1) is 12.0. The van der Waals surface area contributed by atoms with Crippen molar-refractivity contribution in [2.75, 3.05) is 29.9 Å². The van der Waals surface area contributed by atoms with Crippen molar-refractivity contribution in [2.24, 2.45) is 7.05 Å². The molecule has 3 heterocycles. The Labute approximate surface area is 146 Å². The van der Waals surface area contributed by atoms with E-state index in [4.69, 9.17) is 5.11 Å². The van der Waals surface area contributed by atoms with Crippen LogP contribution in [-0.4, -0.2) is 56.0 Å². The summed E-state index contributed by atoms with van der Waals surface area (Å²) in [6.45, 7) is 3.07. The highest BCUT2D eigenvalue weighted by atomic mass is 16.3. The average Bonchev–Trinajstić information content (AvgIpc) is 3.00. The Morgan fingerprint density at radius 3 is 2.80 bits per heavy atom. The molecule has 0 saturated carbocycles. The molecule has 3 rings (SSSR count). The molecule has 9 heteroatoms. The lowest BCUT2D eigenvalue weighted by Gasteiger charge is -2.40. The largest absolute Gasteiger partial charge is 0.387 e. The van der Waals surface area contributed by atoms with Crippen molar-refractivity contribution in [1.29, 1.82) is 0 Å². The third-order valence-corrected chi connectivity index (χ3v) is 4.38. The lowest BCUT2D eigenvalue weighted by atomic mass is 9.89. The summed E-state index contributed by atoms with van der Waals surface area (Å²) < 4.78 is 1.71. The molecule has 3 N–H and O–H groups in total. The lowest BCUT2D eigenvalue weighted by molar-refractivity contribution is -0.125. The molecule has 0 radical (unpaired) electrons. The molecule has 0 spiro atoms. The number of aryl methyl sites for hydroxylation is 1. The summed E-state index contributed by atoms with van der Waals surface area (Å²) >= 11 is 0. The smallest absolute Gasteiger partial charge is 0.246 e. The fourth-order valence-corrected chi connectivity index (χ4v) is 2.93. The van der Waals surface area contributed by atoms with Gasteiger partial charge in [-0.1, -0.05) is 0 Å². The van der Waals surface area contributed by atoms with E-state index in [0.29, 0.717) is 5.95 Å². The standard InChI is InChI=1S/C16H23N7O2/c1-16(21-14(25)11-24)4-7-23(8-5-16)13-3-6-17-15(20-13)19-12-9-18-22(2)10-12/h3,6,9-10,24H,4-5,7-8,11H2,1-2H3,(H,21,25)(H,17,19,20). The molecule has 2 aromatic rings. The molecule has 1 saturated heterocycles. The minimum absolute atomic E-state index is 0.292. The van der Waals surface area contributed by atoms with Crippen LogP contribution in [0.15, 0.2) is 24.7 Å². The zero-order valence-electron chi connectivity index (χ0n) is 14.4. The van der Waals surface area contributed by atoms with Crippen molar-refractivity contribution in [3.05, 3.63) is 24.7 Å². The molecule has 1 aliphatic rings. The number of aliphatic hydroxyl groups excluding tert-OH is 1. The van der Waals surface area contributed by atoms with Crippen LogP contribution < -0.4 is 15.5 Å². The van der Waals surface area contributed by atoms with E-state index >= 15 is 0 Å². The molecule has 0 bridgehead atoms. The summed E-state index contributed by atoms with van der Waals surface area (Å²) in [5.41, 5.74) is 0.540. The van der Waals surface area contributed by atoms with Gasteiger partial charge in [0, 0.05) is 38.1 Å². The molecule has 134 valence electrons. The van der Waals surface area contributed by atoms with E-state index in [1.165, 1.54) is 0 Å². The highest BCUT2D eigenvalue weighted by Crippen LogP contribution is 2.25. The second kappa shape index (κ2) is 7.06. The topological polar surface area (TPSA) is 108 Å². The SMILES string of the molecule is Cn1cc(Nc2nccc(N3CCC(C)(NC(=O)CO)CC3)n2)cn1. The maximum atomic E-state index is 11.4. The molecule has 0 atom stereocenters. The quantitative estimate of drug-likeness (QED) is 0.721. The highest BCUT2D eigenvalue weighted by Gasteiger charge is 2.31. The Bertz CT molecular complexity index is 738. The number of hydrogen-bond acceptors (Lipinski definition) is 7. The van der Waals surface area contributed by atoms with E-state index in [1.807, 2.05) is 26.2 Å². The second-order valence-corrected chi connectivity index (χ2v) is 6.52. The van der Waals surface area contributed by atoms with Crippen molar-refractivity contribution < 1.29 is 9.90 Å². The van der Waals surface area contributed by atoms with Gasteiger partial charge in [0.15, 0.2) is 0 Å².